The maximum absolute atomic E-state index is 12.5. The summed E-state index contributed by atoms with van der Waals surface area (Å²) in [7, 11) is 3.88. The Hall–Kier alpha value is -2.55. The fourth-order valence-corrected chi connectivity index (χ4v) is 2.82. The molecular formula is C22H27NO2. The molecular weight excluding hydrogens is 310 g/mol. The van der Waals surface area contributed by atoms with Gasteiger partial charge in [-0.05, 0) is 42.2 Å². The average Bonchev–Trinajstić information content (AvgIpc) is 2.64. The lowest BCUT2D eigenvalue weighted by atomic mass is 9.87. The van der Waals surface area contributed by atoms with Gasteiger partial charge in [-0.1, -0.05) is 44.2 Å². The maximum atomic E-state index is 12.5. The van der Waals surface area contributed by atoms with Crippen LogP contribution in [0.1, 0.15) is 41.8 Å². The van der Waals surface area contributed by atoms with Crippen molar-refractivity contribution in [3.05, 3.63) is 77.0 Å². The molecule has 1 aliphatic rings. The highest BCUT2D eigenvalue weighted by Crippen LogP contribution is 2.28. The van der Waals surface area contributed by atoms with Gasteiger partial charge in [0.05, 0.1) is 0 Å². The largest absolute Gasteiger partial charge is 0.489 e. The second-order valence-corrected chi connectivity index (χ2v) is 6.04. The summed E-state index contributed by atoms with van der Waals surface area (Å²) in [4.78, 5) is 14.4. The Morgan fingerprint density at radius 1 is 1.04 bits per heavy atom. The number of carbonyl (C=O) groups excluding carboxylic acids is 1. The quantitative estimate of drug-likeness (QED) is 0.746. The molecule has 3 heteroatoms. The first kappa shape index (κ1) is 18.8. The Kier molecular flexibility index (Phi) is 6.81. The summed E-state index contributed by atoms with van der Waals surface area (Å²) < 4.78 is 5.85. The molecule has 25 heavy (non-hydrogen) atoms. The maximum Gasteiger partial charge on any atom is 0.190 e. The van der Waals surface area contributed by atoms with Gasteiger partial charge in [0, 0.05) is 31.4 Å². The highest BCUT2D eigenvalue weighted by Gasteiger charge is 2.22. The summed E-state index contributed by atoms with van der Waals surface area (Å²) in [5.41, 5.74) is 3.89. The minimum atomic E-state index is 0.134. The summed E-state index contributed by atoms with van der Waals surface area (Å²) >= 11 is 0. The van der Waals surface area contributed by atoms with Crippen molar-refractivity contribution >= 4 is 5.78 Å². The molecule has 0 fully saturated rings. The van der Waals surface area contributed by atoms with Gasteiger partial charge < -0.3 is 9.64 Å². The minimum absolute atomic E-state index is 0.134. The van der Waals surface area contributed by atoms with Crippen molar-refractivity contribution < 1.29 is 9.53 Å². The highest BCUT2D eigenvalue weighted by molar-refractivity contribution is 6.10. The molecule has 0 saturated heterocycles. The van der Waals surface area contributed by atoms with Crippen molar-refractivity contribution in [2.24, 2.45) is 0 Å². The van der Waals surface area contributed by atoms with E-state index in [1.54, 1.807) is 0 Å². The molecule has 1 aliphatic carbocycles. The van der Waals surface area contributed by atoms with Crippen LogP contribution in [0.3, 0.4) is 0 Å². The molecule has 0 saturated carbocycles. The van der Waals surface area contributed by atoms with Crippen LogP contribution in [0.25, 0.3) is 0 Å². The molecule has 0 amide bonds. The first-order valence-corrected chi connectivity index (χ1v) is 8.85. The molecule has 0 spiro atoms. The first-order valence-electron chi connectivity index (χ1n) is 8.85. The molecule has 0 N–H and O–H groups in total. The Morgan fingerprint density at radius 3 is 2.44 bits per heavy atom. The number of ketones is 1. The molecule has 0 aliphatic heterocycles. The lowest BCUT2D eigenvalue weighted by Gasteiger charge is -2.20. The third-order valence-corrected chi connectivity index (χ3v) is 3.94. The van der Waals surface area contributed by atoms with Gasteiger partial charge in [-0.25, -0.2) is 0 Å². The minimum Gasteiger partial charge on any atom is -0.489 e. The number of ether oxygens (including phenoxy) is 1. The molecule has 3 rings (SSSR count). The summed E-state index contributed by atoms with van der Waals surface area (Å²) in [6.07, 6.45) is 3.58. The number of hydrogen-bond acceptors (Lipinski definition) is 3. The van der Waals surface area contributed by atoms with Gasteiger partial charge in [-0.2, -0.15) is 0 Å². The van der Waals surface area contributed by atoms with Gasteiger partial charge >= 0.3 is 0 Å². The number of hydrogen-bond donors (Lipinski definition) is 0. The van der Waals surface area contributed by atoms with Crippen molar-refractivity contribution in [2.45, 2.75) is 33.3 Å². The number of Topliss-reactive ketones (excluding diaryl/α,β-unsaturated/α-hetero) is 1. The fourth-order valence-electron chi connectivity index (χ4n) is 2.82. The van der Waals surface area contributed by atoms with Crippen LogP contribution in [0.5, 0.6) is 5.75 Å². The lowest BCUT2D eigenvalue weighted by molar-refractivity contribution is 0.102. The Labute approximate surface area is 150 Å². The van der Waals surface area contributed by atoms with Gasteiger partial charge in [0.2, 0.25) is 0 Å². The van der Waals surface area contributed by atoms with Gasteiger partial charge in [0.15, 0.2) is 5.78 Å². The van der Waals surface area contributed by atoms with Crippen LogP contribution in [-0.2, 0) is 13.0 Å². The van der Waals surface area contributed by atoms with E-state index in [0.717, 1.165) is 40.9 Å². The van der Waals surface area contributed by atoms with Gasteiger partial charge in [-0.3, -0.25) is 4.79 Å². The van der Waals surface area contributed by atoms with E-state index in [2.05, 4.69) is 0 Å². The molecule has 0 atom stereocenters. The molecule has 0 heterocycles. The molecule has 2 aromatic rings. The standard InChI is InChI=1S/C20H21NO2.C2H6/c1-21(2)13-17-9-8-16-12-18(10-11-19(16)20(17)22)23-14-15-6-4-3-5-7-15;1-2/h3-7,10-13H,8-9,14H2,1-2H3;1-2H3/b17-13-;. The fraction of sp³-hybridized carbons (Fsp3) is 0.318. The van der Waals surface area contributed by atoms with Crippen molar-refractivity contribution in [2.75, 3.05) is 14.1 Å². The van der Waals surface area contributed by atoms with Crippen LogP contribution in [-0.4, -0.2) is 24.8 Å². The van der Waals surface area contributed by atoms with E-state index in [0.29, 0.717) is 6.61 Å². The third-order valence-electron chi connectivity index (χ3n) is 3.94. The number of fused-ring (bicyclic) bond motifs is 1. The second kappa shape index (κ2) is 9.07. The first-order chi connectivity index (χ1) is 12.1. The third kappa shape index (κ3) is 4.96. The zero-order chi connectivity index (χ0) is 18.2. The van der Waals surface area contributed by atoms with Crippen molar-refractivity contribution in [1.29, 1.82) is 0 Å². The SMILES string of the molecule is CC.CN(C)/C=C1/CCc2cc(OCc3ccccc3)ccc2C1=O. The van der Waals surface area contributed by atoms with Gasteiger partial charge in [0.25, 0.3) is 0 Å². The second-order valence-electron chi connectivity index (χ2n) is 6.04. The zero-order valence-corrected chi connectivity index (χ0v) is 15.6. The van der Waals surface area contributed by atoms with Crippen molar-refractivity contribution in [3.63, 3.8) is 0 Å². The highest BCUT2D eigenvalue weighted by atomic mass is 16.5. The summed E-state index contributed by atoms with van der Waals surface area (Å²) in [6, 6.07) is 15.9. The number of rotatable bonds is 4. The van der Waals surface area contributed by atoms with Crippen LogP contribution in [0.2, 0.25) is 0 Å². The number of carbonyl (C=O) groups is 1. The smallest absolute Gasteiger partial charge is 0.190 e. The molecule has 0 aromatic heterocycles. The summed E-state index contributed by atoms with van der Waals surface area (Å²) in [5.74, 6) is 0.954. The van der Waals surface area contributed by atoms with Crippen molar-refractivity contribution in [1.82, 2.24) is 4.90 Å². The van der Waals surface area contributed by atoms with Crippen molar-refractivity contribution in [3.8, 4) is 5.75 Å². The van der Waals surface area contributed by atoms with E-state index >= 15 is 0 Å². The normalized spacial score (nSPS) is 14.4. The predicted molar refractivity (Wildman–Crippen MR) is 103 cm³/mol. The van der Waals surface area contributed by atoms with E-state index < -0.39 is 0 Å². The van der Waals surface area contributed by atoms with Crippen LogP contribution in [0.15, 0.2) is 60.3 Å². The predicted octanol–water partition coefficient (Wildman–Crippen LogP) is 4.87. The average molecular weight is 337 g/mol. The van der Waals surface area contributed by atoms with Crippen LogP contribution >= 0.6 is 0 Å². The lowest BCUT2D eigenvalue weighted by Crippen LogP contribution is -2.17. The van der Waals surface area contributed by atoms with E-state index in [1.807, 2.05) is 87.6 Å². The van der Waals surface area contributed by atoms with E-state index in [9.17, 15) is 4.79 Å². The summed E-state index contributed by atoms with van der Waals surface area (Å²) in [5, 5.41) is 0. The molecule has 0 bridgehead atoms. The Morgan fingerprint density at radius 2 is 1.76 bits per heavy atom. The number of nitrogens with zero attached hydrogens (tertiary/aromatic N) is 1. The Bertz CT molecular complexity index is 733. The zero-order valence-electron chi connectivity index (χ0n) is 15.6. The van der Waals surface area contributed by atoms with Crippen LogP contribution in [0, 0.1) is 0 Å². The van der Waals surface area contributed by atoms with E-state index in [4.69, 9.17) is 4.74 Å². The summed E-state index contributed by atoms with van der Waals surface area (Å²) in [6.45, 7) is 4.54. The molecule has 0 radical (unpaired) electrons. The van der Waals surface area contributed by atoms with E-state index in [-0.39, 0.29) is 5.78 Å². The van der Waals surface area contributed by atoms with Gasteiger partial charge in [-0.15, -0.1) is 0 Å². The monoisotopic (exact) mass is 337 g/mol. The van der Waals surface area contributed by atoms with Gasteiger partial charge in [0.1, 0.15) is 12.4 Å². The Balaban J connectivity index is 0.00000109. The van der Waals surface area contributed by atoms with Crippen LogP contribution < -0.4 is 4.74 Å². The van der Waals surface area contributed by atoms with E-state index in [1.165, 1.54) is 0 Å². The number of aryl methyl sites for hydroxylation is 1. The molecule has 0 unspecified atom stereocenters. The topological polar surface area (TPSA) is 29.5 Å². The number of allylic oxidation sites excluding steroid dienone is 1. The molecule has 132 valence electrons. The molecule has 2 aromatic carbocycles. The number of benzene rings is 2. The van der Waals surface area contributed by atoms with Crippen LogP contribution in [0.4, 0.5) is 0 Å². The molecule has 3 nitrogen and oxygen atoms in total.